The van der Waals surface area contributed by atoms with Crippen LogP contribution in [0.15, 0.2) is 72.1 Å². The number of thiophene rings is 1. The van der Waals surface area contributed by atoms with Crippen LogP contribution in [0.25, 0.3) is 0 Å². The molecule has 0 atom stereocenters. The lowest BCUT2D eigenvalue weighted by molar-refractivity contribution is 0.289. The Morgan fingerprint density at radius 1 is 0.833 bits per heavy atom. The van der Waals surface area contributed by atoms with Crippen LogP contribution in [0, 0.1) is 11.5 Å². The zero-order chi connectivity index (χ0) is 21.8. The molecular formula is C26H32OSSi2. The molecule has 0 N–H and O–H groups in total. The van der Waals surface area contributed by atoms with Crippen LogP contribution in [-0.2, 0) is 11.0 Å². The van der Waals surface area contributed by atoms with Gasteiger partial charge in [-0.3, -0.25) is 0 Å². The van der Waals surface area contributed by atoms with Crippen molar-refractivity contribution in [1.29, 1.82) is 0 Å². The SMILES string of the molecule is CC(C)(C)[Si](OCc1sccc1C#C[Si](C)(C)C)(c1ccccc1)c1ccccc1. The third-order valence-corrected chi connectivity index (χ3v) is 11.9. The van der Waals surface area contributed by atoms with E-state index >= 15 is 0 Å². The van der Waals surface area contributed by atoms with E-state index in [1.807, 2.05) is 0 Å². The Hall–Kier alpha value is -1.91. The monoisotopic (exact) mass is 448 g/mol. The van der Waals surface area contributed by atoms with Crippen LogP contribution >= 0.6 is 11.3 Å². The second-order valence-electron chi connectivity index (χ2n) is 9.71. The van der Waals surface area contributed by atoms with Gasteiger partial charge in [0.2, 0.25) is 0 Å². The molecule has 1 nitrogen and oxygen atoms in total. The summed E-state index contributed by atoms with van der Waals surface area (Å²) in [5.41, 5.74) is 4.63. The molecule has 156 valence electrons. The van der Waals surface area contributed by atoms with Crippen LogP contribution in [0.5, 0.6) is 0 Å². The summed E-state index contributed by atoms with van der Waals surface area (Å²) in [5.74, 6) is 3.45. The van der Waals surface area contributed by atoms with Crippen molar-refractivity contribution in [3.8, 4) is 11.5 Å². The Labute approximate surface area is 188 Å². The first-order valence-electron chi connectivity index (χ1n) is 10.5. The first kappa shape index (κ1) is 22.8. The predicted octanol–water partition coefficient (Wildman–Crippen LogP) is 6.05. The van der Waals surface area contributed by atoms with Crippen molar-refractivity contribution in [3.63, 3.8) is 0 Å². The highest BCUT2D eigenvalue weighted by atomic mass is 32.1. The van der Waals surface area contributed by atoms with Gasteiger partial charge in [0, 0.05) is 10.4 Å². The Balaban J connectivity index is 2.06. The summed E-state index contributed by atoms with van der Waals surface area (Å²) in [6, 6.07) is 23.8. The summed E-state index contributed by atoms with van der Waals surface area (Å²) < 4.78 is 7.08. The molecule has 0 amide bonds. The molecule has 0 spiro atoms. The van der Waals surface area contributed by atoms with Gasteiger partial charge in [-0.1, -0.05) is 107 Å². The minimum Gasteiger partial charge on any atom is -0.402 e. The molecule has 0 saturated carbocycles. The molecule has 0 fully saturated rings. The van der Waals surface area contributed by atoms with Crippen LogP contribution < -0.4 is 10.4 Å². The van der Waals surface area contributed by atoms with E-state index in [0.717, 1.165) is 5.56 Å². The molecule has 1 heterocycles. The van der Waals surface area contributed by atoms with E-state index < -0.39 is 16.4 Å². The van der Waals surface area contributed by atoms with Gasteiger partial charge in [0.25, 0.3) is 8.32 Å². The standard InChI is InChI=1S/C26H32OSSi2/c1-26(2,3)30(23-13-9-7-10-14-23,24-15-11-8-12-16-24)27-21-25-22(17-19-28-25)18-20-29(4,5)6/h7-17,19H,21H2,1-6H3. The molecule has 0 aliphatic rings. The predicted molar refractivity (Wildman–Crippen MR) is 137 cm³/mol. The second-order valence-corrected chi connectivity index (χ2v) is 19.8. The summed E-state index contributed by atoms with van der Waals surface area (Å²) in [5, 5.41) is 4.75. The van der Waals surface area contributed by atoms with Crippen LogP contribution in [0.3, 0.4) is 0 Å². The van der Waals surface area contributed by atoms with Gasteiger partial charge in [0.1, 0.15) is 8.07 Å². The van der Waals surface area contributed by atoms with Gasteiger partial charge < -0.3 is 4.43 Å². The largest absolute Gasteiger partial charge is 0.402 e. The zero-order valence-corrected chi connectivity index (χ0v) is 21.8. The number of hydrogen-bond donors (Lipinski definition) is 0. The number of hydrogen-bond acceptors (Lipinski definition) is 2. The Morgan fingerprint density at radius 3 is 1.83 bits per heavy atom. The lowest BCUT2D eigenvalue weighted by Crippen LogP contribution is -2.66. The van der Waals surface area contributed by atoms with Crippen LogP contribution in [0.1, 0.15) is 31.2 Å². The second kappa shape index (κ2) is 9.07. The number of rotatable bonds is 5. The van der Waals surface area contributed by atoms with Crippen molar-refractivity contribution in [1.82, 2.24) is 0 Å². The highest BCUT2D eigenvalue weighted by Gasteiger charge is 2.50. The maximum Gasteiger partial charge on any atom is 0.261 e. The lowest BCUT2D eigenvalue weighted by Gasteiger charge is -2.43. The average Bonchev–Trinajstić information content (AvgIpc) is 3.14. The van der Waals surface area contributed by atoms with Crippen LogP contribution in [0.4, 0.5) is 0 Å². The van der Waals surface area contributed by atoms with Gasteiger partial charge in [0.15, 0.2) is 0 Å². The van der Waals surface area contributed by atoms with Gasteiger partial charge in [-0.05, 0) is 26.9 Å². The van der Waals surface area contributed by atoms with Gasteiger partial charge >= 0.3 is 0 Å². The lowest BCUT2D eigenvalue weighted by atomic mass is 10.2. The molecule has 1 aromatic heterocycles. The minimum atomic E-state index is -2.52. The number of benzene rings is 2. The molecule has 0 saturated heterocycles. The molecule has 30 heavy (non-hydrogen) atoms. The summed E-state index contributed by atoms with van der Waals surface area (Å²) in [6.45, 7) is 14.4. The highest BCUT2D eigenvalue weighted by molar-refractivity contribution is 7.10. The Bertz CT molecular complexity index is 976. The topological polar surface area (TPSA) is 9.23 Å². The van der Waals surface area contributed by atoms with E-state index in [1.54, 1.807) is 11.3 Å². The average molecular weight is 449 g/mol. The van der Waals surface area contributed by atoms with Crippen molar-refractivity contribution in [3.05, 3.63) is 82.6 Å². The summed E-state index contributed by atoms with van der Waals surface area (Å²) in [4.78, 5) is 1.23. The van der Waals surface area contributed by atoms with Gasteiger partial charge in [0.05, 0.1) is 6.61 Å². The first-order chi connectivity index (χ1) is 14.1. The molecule has 4 heteroatoms. The highest BCUT2D eigenvalue weighted by Crippen LogP contribution is 2.37. The third-order valence-electron chi connectivity index (χ3n) is 5.15. The van der Waals surface area contributed by atoms with Gasteiger partial charge in [-0.15, -0.1) is 16.9 Å². The molecule has 0 radical (unpaired) electrons. The van der Waals surface area contributed by atoms with Gasteiger partial charge in [-0.25, -0.2) is 0 Å². The minimum absolute atomic E-state index is 0.0167. The van der Waals surface area contributed by atoms with Crippen LogP contribution in [0.2, 0.25) is 24.7 Å². The van der Waals surface area contributed by atoms with E-state index in [1.165, 1.54) is 15.3 Å². The van der Waals surface area contributed by atoms with E-state index in [2.05, 4.69) is 124 Å². The molecule has 0 bridgehead atoms. The third kappa shape index (κ3) is 5.04. The van der Waals surface area contributed by atoms with E-state index in [4.69, 9.17) is 4.43 Å². The smallest absolute Gasteiger partial charge is 0.261 e. The summed E-state index contributed by atoms with van der Waals surface area (Å²) in [7, 11) is -3.94. The molecule has 3 aromatic rings. The molecule has 0 unspecified atom stereocenters. The van der Waals surface area contributed by atoms with Crippen molar-refractivity contribution < 1.29 is 4.43 Å². The van der Waals surface area contributed by atoms with Crippen molar-refractivity contribution in [2.45, 2.75) is 52.1 Å². The van der Waals surface area contributed by atoms with E-state index in [9.17, 15) is 0 Å². The molecule has 3 rings (SSSR count). The van der Waals surface area contributed by atoms with Crippen LogP contribution in [-0.4, -0.2) is 16.4 Å². The van der Waals surface area contributed by atoms with Gasteiger partial charge in [-0.2, -0.15) is 0 Å². The maximum atomic E-state index is 7.08. The maximum absolute atomic E-state index is 7.08. The summed E-state index contributed by atoms with van der Waals surface area (Å²) in [6.07, 6.45) is 0. The van der Waals surface area contributed by atoms with Crippen molar-refractivity contribution >= 4 is 38.1 Å². The fourth-order valence-electron chi connectivity index (χ4n) is 3.75. The first-order valence-corrected chi connectivity index (χ1v) is 16.8. The normalized spacial score (nSPS) is 12.3. The molecule has 0 aliphatic heterocycles. The fraction of sp³-hybridized carbons (Fsp3) is 0.308. The fourth-order valence-corrected chi connectivity index (χ4v) is 9.63. The summed E-state index contributed by atoms with van der Waals surface area (Å²) >= 11 is 1.75. The molecule has 2 aromatic carbocycles. The quantitative estimate of drug-likeness (QED) is 0.341. The molecular weight excluding hydrogens is 417 g/mol. The van der Waals surface area contributed by atoms with E-state index in [-0.39, 0.29) is 5.04 Å². The van der Waals surface area contributed by atoms with Crippen molar-refractivity contribution in [2.75, 3.05) is 0 Å². The van der Waals surface area contributed by atoms with E-state index in [0.29, 0.717) is 6.61 Å². The molecule has 0 aliphatic carbocycles. The van der Waals surface area contributed by atoms with Crippen molar-refractivity contribution in [2.24, 2.45) is 0 Å². The Kier molecular flexibility index (Phi) is 6.89. The zero-order valence-electron chi connectivity index (χ0n) is 19.0. The Morgan fingerprint density at radius 2 is 1.37 bits per heavy atom.